The van der Waals surface area contributed by atoms with Gasteiger partial charge in [-0.15, -0.1) is 0 Å². The molecule has 0 aromatic heterocycles. The van der Waals surface area contributed by atoms with Crippen molar-refractivity contribution in [2.24, 2.45) is 0 Å². The summed E-state index contributed by atoms with van der Waals surface area (Å²) in [5.41, 5.74) is 2.08. The summed E-state index contributed by atoms with van der Waals surface area (Å²) in [7, 11) is 3.29. The molecule has 0 saturated carbocycles. The van der Waals surface area contributed by atoms with E-state index in [-0.39, 0.29) is 0 Å². The molecule has 0 radical (unpaired) electrons. The standard InChI is InChI=1S/C15H14Br3NO2/c1-20-11-3-9(4-12(7-11)21-2)8-19-15-13(17)5-10(16)6-14(15)18/h3-7,19H,8H2,1-2H3. The highest BCUT2D eigenvalue weighted by molar-refractivity contribution is 9.11. The average Bonchev–Trinajstić information content (AvgIpc) is 2.45. The summed E-state index contributed by atoms with van der Waals surface area (Å²) in [5.74, 6) is 1.56. The summed E-state index contributed by atoms with van der Waals surface area (Å²) in [6.07, 6.45) is 0. The van der Waals surface area contributed by atoms with Crippen molar-refractivity contribution >= 4 is 53.5 Å². The predicted octanol–water partition coefficient (Wildman–Crippen LogP) is 5.60. The van der Waals surface area contributed by atoms with Gasteiger partial charge in [0.2, 0.25) is 0 Å². The van der Waals surface area contributed by atoms with Gasteiger partial charge in [-0.25, -0.2) is 0 Å². The highest BCUT2D eigenvalue weighted by atomic mass is 79.9. The van der Waals surface area contributed by atoms with E-state index in [2.05, 4.69) is 53.1 Å². The molecule has 0 bridgehead atoms. The fraction of sp³-hybridized carbons (Fsp3) is 0.200. The van der Waals surface area contributed by atoms with Crippen LogP contribution in [-0.4, -0.2) is 14.2 Å². The first kappa shape index (κ1) is 16.6. The van der Waals surface area contributed by atoms with Crippen molar-refractivity contribution in [2.45, 2.75) is 6.54 Å². The first-order chi connectivity index (χ1) is 10.0. The summed E-state index contributed by atoms with van der Waals surface area (Å²) < 4.78 is 13.5. The maximum atomic E-state index is 5.28. The minimum absolute atomic E-state index is 0.659. The minimum atomic E-state index is 0.659. The number of ether oxygens (including phenoxy) is 2. The van der Waals surface area contributed by atoms with Gasteiger partial charge in [-0.1, -0.05) is 15.9 Å². The van der Waals surface area contributed by atoms with Gasteiger partial charge in [0.05, 0.1) is 19.9 Å². The molecule has 2 aromatic carbocycles. The van der Waals surface area contributed by atoms with Crippen molar-refractivity contribution in [3.05, 3.63) is 49.3 Å². The van der Waals surface area contributed by atoms with Crippen LogP contribution in [0, 0.1) is 0 Å². The average molecular weight is 480 g/mol. The van der Waals surface area contributed by atoms with Crippen LogP contribution in [0.2, 0.25) is 0 Å². The van der Waals surface area contributed by atoms with Crippen molar-refractivity contribution in [1.29, 1.82) is 0 Å². The Balaban J connectivity index is 2.20. The van der Waals surface area contributed by atoms with Crippen LogP contribution in [0.15, 0.2) is 43.7 Å². The predicted molar refractivity (Wildman–Crippen MR) is 96.4 cm³/mol. The molecule has 0 saturated heterocycles. The first-order valence-electron chi connectivity index (χ1n) is 6.14. The maximum absolute atomic E-state index is 5.28. The third kappa shape index (κ3) is 4.37. The molecule has 1 N–H and O–H groups in total. The van der Waals surface area contributed by atoms with Gasteiger partial charge in [0.15, 0.2) is 0 Å². The van der Waals surface area contributed by atoms with Crippen LogP contribution in [0.5, 0.6) is 11.5 Å². The molecule has 0 atom stereocenters. The Morgan fingerprint density at radius 3 is 1.86 bits per heavy atom. The minimum Gasteiger partial charge on any atom is -0.497 e. The van der Waals surface area contributed by atoms with E-state index in [4.69, 9.17) is 9.47 Å². The van der Waals surface area contributed by atoms with Gasteiger partial charge < -0.3 is 14.8 Å². The number of hydrogen-bond donors (Lipinski definition) is 1. The lowest BCUT2D eigenvalue weighted by Gasteiger charge is -2.13. The second-order valence-corrected chi connectivity index (χ2v) is 6.94. The Labute approximate surface area is 149 Å². The Morgan fingerprint density at radius 2 is 1.38 bits per heavy atom. The monoisotopic (exact) mass is 477 g/mol. The van der Waals surface area contributed by atoms with Gasteiger partial charge in [-0.2, -0.15) is 0 Å². The molecule has 0 heterocycles. The summed E-state index contributed by atoms with van der Waals surface area (Å²) in [6, 6.07) is 9.82. The number of nitrogens with one attached hydrogen (secondary N) is 1. The second kappa shape index (κ2) is 7.51. The van der Waals surface area contributed by atoms with Crippen molar-refractivity contribution < 1.29 is 9.47 Å². The normalized spacial score (nSPS) is 10.3. The molecule has 3 nitrogen and oxygen atoms in total. The van der Waals surface area contributed by atoms with Crippen LogP contribution in [0.3, 0.4) is 0 Å². The number of rotatable bonds is 5. The fourth-order valence-electron chi connectivity index (χ4n) is 1.87. The molecule has 112 valence electrons. The molecule has 0 aliphatic rings. The zero-order chi connectivity index (χ0) is 15.4. The van der Waals surface area contributed by atoms with Crippen LogP contribution in [0.4, 0.5) is 5.69 Å². The first-order valence-corrected chi connectivity index (χ1v) is 8.51. The second-order valence-electron chi connectivity index (χ2n) is 4.32. The lowest BCUT2D eigenvalue weighted by atomic mass is 10.2. The van der Waals surface area contributed by atoms with Crippen LogP contribution in [0.1, 0.15) is 5.56 Å². The van der Waals surface area contributed by atoms with E-state index in [9.17, 15) is 0 Å². The van der Waals surface area contributed by atoms with E-state index in [1.165, 1.54) is 0 Å². The van der Waals surface area contributed by atoms with E-state index < -0.39 is 0 Å². The lowest BCUT2D eigenvalue weighted by Crippen LogP contribution is -2.02. The van der Waals surface area contributed by atoms with Crippen molar-refractivity contribution in [2.75, 3.05) is 19.5 Å². The Kier molecular flexibility index (Phi) is 5.96. The van der Waals surface area contributed by atoms with Gasteiger partial charge in [-0.05, 0) is 61.7 Å². The van der Waals surface area contributed by atoms with Crippen molar-refractivity contribution in [3.8, 4) is 11.5 Å². The zero-order valence-electron chi connectivity index (χ0n) is 11.5. The van der Waals surface area contributed by atoms with E-state index in [1.54, 1.807) is 14.2 Å². The lowest BCUT2D eigenvalue weighted by molar-refractivity contribution is 0.393. The molecule has 0 unspecified atom stereocenters. The Bertz CT molecular complexity index is 602. The molecule has 0 aliphatic carbocycles. The van der Waals surface area contributed by atoms with Crippen LogP contribution in [-0.2, 0) is 6.54 Å². The largest absolute Gasteiger partial charge is 0.497 e. The number of methoxy groups -OCH3 is 2. The van der Waals surface area contributed by atoms with Crippen LogP contribution < -0.4 is 14.8 Å². The van der Waals surface area contributed by atoms with E-state index in [0.29, 0.717) is 6.54 Å². The molecule has 2 aromatic rings. The molecule has 2 rings (SSSR count). The third-order valence-corrected chi connectivity index (χ3v) is 4.60. The number of benzene rings is 2. The van der Waals surface area contributed by atoms with Crippen LogP contribution in [0.25, 0.3) is 0 Å². The fourth-order valence-corrected chi connectivity index (χ4v) is 4.41. The van der Waals surface area contributed by atoms with E-state index in [0.717, 1.165) is 36.2 Å². The molecular formula is C15H14Br3NO2. The number of hydrogen-bond acceptors (Lipinski definition) is 3. The third-order valence-electron chi connectivity index (χ3n) is 2.89. The topological polar surface area (TPSA) is 30.5 Å². The molecule has 0 spiro atoms. The Morgan fingerprint density at radius 1 is 0.857 bits per heavy atom. The smallest absolute Gasteiger partial charge is 0.122 e. The molecular weight excluding hydrogens is 466 g/mol. The zero-order valence-corrected chi connectivity index (χ0v) is 16.3. The molecule has 0 fully saturated rings. The summed E-state index contributed by atoms with van der Waals surface area (Å²) >= 11 is 10.6. The molecule has 6 heteroatoms. The van der Waals surface area contributed by atoms with E-state index in [1.807, 2.05) is 30.3 Å². The van der Waals surface area contributed by atoms with Crippen molar-refractivity contribution in [1.82, 2.24) is 0 Å². The van der Waals surface area contributed by atoms with Gasteiger partial charge >= 0.3 is 0 Å². The highest BCUT2D eigenvalue weighted by Gasteiger charge is 2.08. The van der Waals surface area contributed by atoms with Gasteiger partial charge in [0.1, 0.15) is 11.5 Å². The molecule has 0 aliphatic heterocycles. The van der Waals surface area contributed by atoms with E-state index >= 15 is 0 Å². The summed E-state index contributed by atoms with van der Waals surface area (Å²) in [4.78, 5) is 0. The molecule has 0 amide bonds. The summed E-state index contributed by atoms with van der Waals surface area (Å²) in [5, 5.41) is 3.40. The van der Waals surface area contributed by atoms with Crippen LogP contribution >= 0.6 is 47.8 Å². The molecule has 21 heavy (non-hydrogen) atoms. The SMILES string of the molecule is COc1cc(CNc2c(Br)cc(Br)cc2Br)cc(OC)c1. The number of halogens is 3. The Hall–Kier alpha value is -0.720. The quantitative estimate of drug-likeness (QED) is 0.605. The number of anilines is 1. The van der Waals surface area contributed by atoms with Gasteiger partial charge in [0, 0.05) is 26.0 Å². The van der Waals surface area contributed by atoms with Gasteiger partial charge in [0.25, 0.3) is 0 Å². The maximum Gasteiger partial charge on any atom is 0.122 e. The summed E-state index contributed by atoms with van der Waals surface area (Å²) in [6.45, 7) is 0.659. The van der Waals surface area contributed by atoms with Gasteiger partial charge in [-0.3, -0.25) is 0 Å². The highest BCUT2D eigenvalue weighted by Crippen LogP contribution is 2.35. The van der Waals surface area contributed by atoms with Crippen molar-refractivity contribution in [3.63, 3.8) is 0 Å².